The summed E-state index contributed by atoms with van der Waals surface area (Å²) in [5, 5.41) is 12.2. The zero-order valence-electron chi connectivity index (χ0n) is 17.2. The van der Waals surface area contributed by atoms with Gasteiger partial charge in [0, 0.05) is 19.0 Å². The van der Waals surface area contributed by atoms with Crippen LogP contribution in [0.1, 0.15) is 57.1 Å². The third kappa shape index (κ3) is 6.62. The van der Waals surface area contributed by atoms with E-state index in [-0.39, 0.29) is 12.3 Å². The number of hydrogen-bond donors (Lipinski definition) is 2. The standard InChI is InChI=1S/C22H29NO6/c1-4-8-16-13-20(26)29-18-12-14(2)11-17(21(16)18)28-15(3)22(27)23-10-7-5-6-9-19(24)25/h11-13,15H,4-10H2,1-3H3,(H,23,27)(H,24,25)/t15-/m1/s1. The second-order valence-corrected chi connectivity index (χ2v) is 7.23. The Hall–Kier alpha value is -2.83. The van der Waals surface area contributed by atoms with Crippen LogP contribution in [0.25, 0.3) is 11.0 Å². The highest BCUT2D eigenvalue weighted by Crippen LogP contribution is 2.31. The Labute approximate surface area is 170 Å². The smallest absolute Gasteiger partial charge is 0.336 e. The number of carbonyl (C=O) groups excluding carboxylic acids is 1. The summed E-state index contributed by atoms with van der Waals surface area (Å²) in [6, 6.07) is 5.12. The van der Waals surface area contributed by atoms with Crippen molar-refractivity contribution in [3.8, 4) is 5.75 Å². The highest BCUT2D eigenvalue weighted by Gasteiger charge is 2.18. The fraction of sp³-hybridized carbons (Fsp3) is 0.500. The number of fused-ring (bicyclic) bond motifs is 1. The first-order valence-electron chi connectivity index (χ1n) is 10.0. The molecule has 1 aromatic heterocycles. The Morgan fingerprint density at radius 2 is 1.97 bits per heavy atom. The number of aliphatic carboxylic acids is 1. The summed E-state index contributed by atoms with van der Waals surface area (Å²) < 4.78 is 11.3. The maximum absolute atomic E-state index is 12.4. The number of nitrogens with one attached hydrogen (secondary N) is 1. The van der Waals surface area contributed by atoms with Gasteiger partial charge < -0.3 is 19.6 Å². The number of hydrogen-bond acceptors (Lipinski definition) is 5. The molecular formula is C22H29NO6. The first-order chi connectivity index (χ1) is 13.8. The molecule has 2 N–H and O–H groups in total. The van der Waals surface area contributed by atoms with E-state index in [4.69, 9.17) is 14.3 Å². The molecule has 2 aromatic rings. The molecule has 0 aliphatic rings. The number of carbonyl (C=O) groups is 2. The molecule has 7 nitrogen and oxygen atoms in total. The van der Waals surface area contributed by atoms with Crippen LogP contribution in [0.2, 0.25) is 0 Å². The highest BCUT2D eigenvalue weighted by molar-refractivity contribution is 5.88. The second-order valence-electron chi connectivity index (χ2n) is 7.23. The fourth-order valence-corrected chi connectivity index (χ4v) is 3.21. The molecule has 0 saturated heterocycles. The van der Waals surface area contributed by atoms with Gasteiger partial charge in [0.2, 0.25) is 0 Å². The van der Waals surface area contributed by atoms with Crippen LogP contribution < -0.4 is 15.7 Å². The molecule has 0 spiro atoms. The quantitative estimate of drug-likeness (QED) is 0.439. The Bertz CT molecular complexity index is 917. The normalized spacial score (nSPS) is 12.0. The van der Waals surface area contributed by atoms with Crippen molar-refractivity contribution < 1.29 is 23.8 Å². The number of benzene rings is 1. The van der Waals surface area contributed by atoms with Gasteiger partial charge in [-0.3, -0.25) is 9.59 Å². The van der Waals surface area contributed by atoms with E-state index in [0.29, 0.717) is 37.1 Å². The van der Waals surface area contributed by atoms with Gasteiger partial charge in [-0.1, -0.05) is 19.8 Å². The van der Waals surface area contributed by atoms with Crippen LogP contribution in [-0.4, -0.2) is 29.6 Å². The van der Waals surface area contributed by atoms with E-state index in [9.17, 15) is 14.4 Å². The lowest BCUT2D eigenvalue weighted by Gasteiger charge is -2.18. The number of carboxylic acids is 1. The van der Waals surface area contributed by atoms with Gasteiger partial charge in [0.15, 0.2) is 6.10 Å². The van der Waals surface area contributed by atoms with Gasteiger partial charge in [-0.25, -0.2) is 4.79 Å². The van der Waals surface area contributed by atoms with Crippen LogP contribution >= 0.6 is 0 Å². The van der Waals surface area contributed by atoms with E-state index < -0.39 is 17.7 Å². The molecule has 7 heteroatoms. The highest BCUT2D eigenvalue weighted by atomic mass is 16.5. The van der Waals surface area contributed by atoms with E-state index >= 15 is 0 Å². The number of rotatable bonds is 11. The fourth-order valence-electron chi connectivity index (χ4n) is 3.21. The molecular weight excluding hydrogens is 374 g/mol. The van der Waals surface area contributed by atoms with E-state index in [1.807, 2.05) is 19.9 Å². The molecule has 0 radical (unpaired) electrons. The van der Waals surface area contributed by atoms with Crippen LogP contribution in [0.5, 0.6) is 5.75 Å². The van der Waals surface area contributed by atoms with Crippen molar-refractivity contribution in [2.45, 2.75) is 65.4 Å². The zero-order chi connectivity index (χ0) is 21.4. The maximum atomic E-state index is 12.4. The molecule has 158 valence electrons. The Morgan fingerprint density at radius 1 is 1.21 bits per heavy atom. The van der Waals surface area contributed by atoms with Crippen LogP contribution in [0.4, 0.5) is 0 Å². The molecule has 0 unspecified atom stereocenters. The minimum atomic E-state index is -0.806. The lowest BCUT2D eigenvalue weighted by molar-refractivity contribution is -0.137. The summed E-state index contributed by atoms with van der Waals surface area (Å²) in [4.78, 5) is 34.7. The lowest BCUT2D eigenvalue weighted by Crippen LogP contribution is -2.36. The minimum absolute atomic E-state index is 0.143. The first kappa shape index (κ1) is 22.5. The van der Waals surface area contributed by atoms with Crippen molar-refractivity contribution in [1.82, 2.24) is 5.32 Å². The van der Waals surface area contributed by atoms with E-state index in [0.717, 1.165) is 29.4 Å². The van der Waals surface area contributed by atoms with Crippen molar-refractivity contribution in [2.75, 3.05) is 6.54 Å². The average Bonchev–Trinajstić information content (AvgIpc) is 2.63. The number of aryl methyl sites for hydroxylation is 2. The molecule has 0 saturated carbocycles. The molecule has 0 fully saturated rings. The lowest BCUT2D eigenvalue weighted by atomic mass is 10.0. The predicted octanol–water partition coefficient (Wildman–Crippen LogP) is 3.58. The number of amides is 1. The largest absolute Gasteiger partial charge is 0.481 e. The SMILES string of the molecule is CCCc1cc(=O)oc2cc(C)cc(O[C@H](C)C(=O)NCCCCCC(=O)O)c12. The summed E-state index contributed by atoms with van der Waals surface area (Å²) >= 11 is 0. The predicted molar refractivity (Wildman–Crippen MR) is 110 cm³/mol. The molecule has 1 atom stereocenters. The van der Waals surface area contributed by atoms with E-state index in [1.54, 1.807) is 13.0 Å². The van der Waals surface area contributed by atoms with Crippen molar-refractivity contribution in [3.63, 3.8) is 0 Å². The van der Waals surface area contributed by atoms with Crippen LogP contribution in [0.3, 0.4) is 0 Å². The molecule has 0 aliphatic carbocycles. The summed E-state index contributed by atoms with van der Waals surface area (Å²) in [5.41, 5.74) is 1.78. The third-order valence-corrected chi connectivity index (χ3v) is 4.59. The molecule has 1 heterocycles. The van der Waals surface area contributed by atoms with Crippen molar-refractivity contribution in [2.24, 2.45) is 0 Å². The van der Waals surface area contributed by atoms with Crippen molar-refractivity contribution in [1.29, 1.82) is 0 Å². The molecule has 0 bridgehead atoms. The van der Waals surface area contributed by atoms with Crippen LogP contribution in [0, 0.1) is 6.92 Å². The van der Waals surface area contributed by atoms with Crippen molar-refractivity contribution >= 4 is 22.8 Å². The summed E-state index contributed by atoms with van der Waals surface area (Å²) in [6.07, 6.45) is 3.04. The average molecular weight is 403 g/mol. The van der Waals surface area contributed by atoms with Crippen LogP contribution in [0.15, 0.2) is 27.4 Å². The molecule has 2 rings (SSSR count). The topological polar surface area (TPSA) is 106 Å². The van der Waals surface area contributed by atoms with Crippen molar-refractivity contribution in [3.05, 3.63) is 39.7 Å². The van der Waals surface area contributed by atoms with Gasteiger partial charge in [-0.05, 0) is 56.4 Å². The molecule has 1 aromatic carbocycles. The van der Waals surface area contributed by atoms with Gasteiger partial charge in [0.1, 0.15) is 11.3 Å². The zero-order valence-corrected chi connectivity index (χ0v) is 17.2. The summed E-state index contributed by atoms with van der Waals surface area (Å²) in [6.45, 7) is 6.05. The first-order valence-corrected chi connectivity index (χ1v) is 10.0. The Balaban J connectivity index is 2.07. The summed E-state index contributed by atoms with van der Waals surface area (Å²) in [5.74, 6) is -0.525. The second kappa shape index (κ2) is 10.6. The minimum Gasteiger partial charge on any atom is -0.481 e. The number of ether oxygens (including phenoxy) is 1. The van der Waals surface area contributed by atoms with Gasteiger partial charge >= 0.3 is 11.6 Å². The van der Waals surface area contributed by atoms with E-state index in [2.05, 4.69) is 5.32 Å². The Kier molecular flexibility index (Phi) is 8.24. The summed E-state index contributed by atoms with van der Waals surface area (Å²) in [7, 11) is 0. The maximum Gasteiger partial charge on any atom is 0.336 e. The Morgan fingerprint density at radius 3 is 2.66 bits per heavy atom. The van der Waals surface area contributed by atoms with Gasteiger partial charge in [0.05, 0.1) is 5.39 Å². The number of carboxylic acid groups (broad SMARTS) is 1. The third-order valence-electron chi connectivity index (χ3n) is 4.59. The molecule has 29 heavy (non-hydrogen) atoms. The molecule has 1 amide bonds. The van der Waals surface area contributed by atoms with Gasteiger partial charge in [-0.15, -0.1) is 0 Å². The van der Waals surface area contributed by atoms with E-state index in [1.165, 1.54) is 6.07 Å². The van der Waals surface area contributed by atoms with Gasteiger partial charge in [-0.2, -0.15) is 0 Å². The molecule has 0 aliphatic heterocycles. The number of unbranched alkanes of at least 4 members (excludes halogenated alkanes) is 2. The van der Waals surface area contributed by atoms with Crippen LogP contribution in [-0.2, 0) is 16.0 Å². The monoisotopic (exact) mass is 403 g/mol. The van der Waals surface area contributed by atoms with Gasteiger partial charge in [0.25, 0.3) is 5.91 Å².